The average Bonchev–Trinajstić information content (AvgIpc) is 2.93. The number of carbonyl (C=O) groups excluding carboxylic acids is 3. The summed E-state index contributed by atoms with van der Waals surface area (Å²) in [6.07, 6.45) is 1.38. The first-order valence-electron chi connectivity index (χ1n) is 12.1. The Morgan fingerprint density at radius 3 is 1.76 bits per heavy atom. The maximum Gasteiger partial charge on any atom is 0.410 e. The van der Waals surface area contributed by atoms with Gasteiger partial charge < -0.3 is 25.0 Å². The molecule has 1 atom stereocenters. The third-order valence-corrected chi connectivity index (χ3v) is 6.04. The number of hydrogen-bond acceptors (Lipinski definition) is 7. The first kappa shape index (κ1) is 29.8. The van der Waals surface area contributed by atoms with Gasteiger partial charge in [-0.05, 0) is 11.1 Å². The molecular formula is C27H35ClN4O5. The number of carbonyl (C=O) groups is 3. The van der Waals surface area contributed by atoms with Gasteiger partial charge in [-0.2, -0.15) is 0 Å². The molecule has 4 rings (SSSR count). The molecule has 9 nitrogen and oxygen atoms in total. The number of amides is 2. The summed E-state index contributed by atoms with van der Waals surface area (Å²) in [5.41, 5.74) is 8.74. The molecule has 2 aliphatic rings. The topological polar surface area (TPSA) is 115 Å². The smallest absolute Gasteiger partial charge is 0.410 e. The number of likely N-dealkylation sites (tertiary alicyclic amines) is 2. The van der Waals surface area contributed by atoms with Crippen molar-refractivity contribution < 1.29 is 23.9 Å². The molecule has 0 aromatic heterocycles. The lowest BCUT2D eigenvalue weighted by atomic mass is 10.1. The number of ether oxygens (including phenoxy) is 2. The fraction of sp³-hybridized carbons (Fsp3) is 0.407. The van der Waals surface area contributed by atoms with Crippen molar-refractivity contribution in [3.63, 3.8) is 0 Å². The van der Waals surface area contributed by atoms with E-state index in [1.165, 1.54) is 10.6 Å². The minimum absolute atomic E-state index is 0. The van der Waals surface area contributed by atoms with Gasteiger partial charge in [0.05, 0.1) is 6.04 Å². The lowest BCUT2D eigenvalue weighted by molar-refractivity contribution is -0.122. The van der Waals surface area contributed by atoms with Crippen LogP contribution >= 0.6 is 12.4 Å². The van der Waals surface area contributed by atoms with E-state index in [4.69, 9.17) is 15.2 Å². The van der Waals surface area contributed by atoms with E-state index in [1.807, 2.05) is 60.7 Å². The molecule has 1 unspecified atom stereocenters. The van der Waals surface area contributed by atoms with Gasteiger partial charge in [-0.15, -0.1) is 12.4 Å². The Hall–Kier alpha value is -3.43. The Kier molecular flexibility index (Phi) is 12.6. The molecule has 2 N–H and O–H groups in total. The van der Waals surface area contributed by atoms with E-state index in [2.05, 4.69) is 4.99 Å². The monoisotopic (exact) mass is 530 g/mol. The van der Waals surface area contributed by atoms with E-state index >= 15 is 0 Å². The normalized spacial score (nSPS) is 17.1. The number of ketones is 1. The van der Waals surface area contributed by atoms with Crippen molar-refractivity contribution in [1.82, 2.24) is 9.80 Å². The summed E-state index contributed by atoms with van der Waals surface area (Å²) in [5, 5.41) is 0. The van der Waals surface area contributed by atoms with Gasteiger partial charge in [0.15, 0.2) is 5.78 Å². The van der Waals surface area contributed by atoms with Crippen LogP contribution in [0.2, 0.25) is 0 Å². The highest BCUT2D eigenvalue weighted by Crippen LogP contribution is 2.11. The van der Waals surface area contributed by atoms with Crippen LogP contribution in [0.5, 0.6) is 0 Å². The first-order valence-corrected chi connectivity index (χ1v) is 12.1. The number of Topliss-reactive ketones (excluding diaryl/α,β-unsaturated/α-hetero) is 1. The van der Waals surface area contributed by atoms with Crippen LogP contribution in [0.1, 0.15) is 30.4 Å². The van der Waals surface area contributed by atoms with Crippen molar-refractivity contribution in [1.29, 1.82) is 0 Å². The number of benzene rings is 2. The van der Waals surface area contributed by atoms with Crippen molar-refractivity contribution in [2.45, 2.75) is 38.5 Å². The molecule has 200 valence electrons. The third-order valence-electron chi connectivity index (χ3n) is 6.04. The molecule has 2 heterocycles. The highest BCUT2D eigenvalue weighted by Gasteiger charge is 2.27. The van der Waals surface area contributed by atoms with Gasteiger partial charge in [-0.1, -0.05) is 60.7 Å². The second-order valence-corrected chi connectivity index (χ2v) is 8.63. The quantitative estimate of drug-likeness (QED) is 0.642. The minimum atomic E-state index is -0.581. The lowest BCUT2D eigenvalue weighted by Crippen LogP contribution is -2.51. The highest BCUT2D eigenvalue weighted by atomic mass is 35.5. The molecule has 2 aliphatic heterocycles. The molecule has 0 aliphatic carbocycles. The van der Waals surface area contributed by atoms with E-state index < -0.39 is 12.1 Å². The summed E-state index contributed by atoms with van der Waals surface area (Å²) in [7, 11) is 1.80. The van der Waals surface area contributed by atoms with Crippen LogP contribution in [0.4, 0.5) is 9.59 Å². The fourth-order valence-electron chi connectivity index (χ4n) is 3.82. The standard InChI is InChI=1S/C14H18N2O2.C13H16N2O3.ClH/c1-15-13-7-9-16(10-8-13)14(17)18-11-12-5-3-2-4-6-12;14-11-8-15(7-6-12(11)16)13(17)18-9-10-4-2-1-3-5-10;/h2-6H,7-11H2,1H3;1-5,11H,6-9,14H2;1H. The Morgan fingerprint density at radius 1 is 0.838 bits per heavy atom. The number of piperidine rings is 2. The number of halogens is 1. The highest BCUT2D eigenvalue weighted by molar-refractivity contribution is 5.87. The largest absolute Gasteiger partial charge is 0.445 e. The van der Waals surface area contributed by atoms with Gasteiger partial charge in [0.25, 0.3) is 0 Å². The number of aliphatic imine (C=N–C) groups is 1. The molecule has 2 amide bonds. The zero-order valence-corrected chi connectivity index (χ0v) is 21.9. The number of hydrogen-bond donors (Lipinski definition) is 1. The van der Waals surface area contributed by atoms with Crippen LogP contribution in [-0.4, -0.2) is 72.7 Å². The van der Waals surface area contributed by atoms with Crippen LogP contribution in [0.25, 0.3) is 0 Å². The zero-order chi connectivity index (χ0) is 25.8. The number of rotatable bonds is 4. The van der Waals surface area contributed by atoms with E-state index in [1.54, 1.807) is 11.9 Å². The van der Waals surface area contributed by atoms with Crippen LogP contribution in [0, 0.1) is 0 Å². The molecule has 0 bridgehead atoms. The third kappa shape index (κ3) is 9.86. The lowest BCUT2D eigenvalue weighted by Gasteiger charge is -2.28. The van der Waals surface area contributed by atoms with Gasteiger partial charge in [-0.3, -0.25) is 9.79 Å². The van der Waals surface area contributed by atoms with Gasteiger partial charge >= 0.3 is 12.2 Å². The van der Waals surface area contributed by atoms with Gasteiger partial charge in [0, 0.05) is 58.2 Å². The van der Waals surface area contributed by atoms with Crippen LogP contribution in [0.15, 0.2) is 65.7 Å². The fourth-order valence-corrected chi connectivity index (χ4v) is 3.82. The summed E-state index contributed by atoms with van der Waals surface area (Å²) in [6, 6.07) is 18.6. The predicted molar refractivity (Wildman–Crippen MR) is 144 cm³/mol. The van der Waals surface area contributed by atoms with E-state index in [9.17, 15) is 14.4 Å². The maximum absolute atomic E-state index is 11.8. The van der Waals surface area contributed by atoms with Gasteiger partial charge in [0.1, 0.15) is 13.2 Å². The molecule has 2 aromatic rings. The molecule has 2 aromatic carbocycles. The summed E-state index contributed by atoms with van der Waals surface area (Å²) < 4.78 is 10.5. The van der Waals surface area contributed by atoms with Crippen molar-refractivity contribution >= 4 is 36.1 Å². The van der Waals surface area contributed by atoms with Crippen molar-refractivity contribution in [2.75, 3.05) is 33.2 Å². The summed E-state index contributed by atoms with van der Waals surface area (Å²) >= 11 is 0. The van der Waals surface area contributed by atoms with E-state index in [0.717, 1.165) is 24.0 Å². The molecule has 0 radical (unpaired) electrons. The van der Waals surface area contributed by atoms with Crippen LogP contribution in [-0.2, 0) is 27.5 Å². The zero-order valence-electron chi connectivity index (χ0n) is 21.1. The molecule has 2 fully saturated rings. The second-order valence-electron chi connectivity index (χ2n) is 8.63. The maximum atomic E-state index is 11.8. The minimum Gasteiger partial charge on any atom is -0.445 e. The van der Waals surface area contributed by atoms with Gasteiger partial charge in [-0.25, -0.2) is 9.59 Å². The molecule has 0 spiro atoms. The second kappa shape index (κ2) is 15.6. The molecule has 37 heavy (non-hydrogen) atoms. The Balaban J connectivity index is 0.000000253. The van der Waals surface area contributed by atoms with Crippen LogP contribution in [0.3, 0.4) is 0 Å². The molecule has 0 saturated carbocycles. The molecular weight excluding hydrogens is 496 g/mol. The summed E-state index contributed by atoms with van der Waals surface area (Å²) in [5.74, 6) is 0.00195. The number of nitrogens with two attached hydrogens (primary N) is 1. The Bertz CT molecular complexity index is 1030. The summed E-state index contributed by atoms with van der Waals surface area (Å²) in [6.45, 7) is 2.62. The summed E-state index contributed by atoms with van der Waals surface area (Å²) in [4.78, 5) is 42.2. The van der Waals surface area contributed by atoms with Crippen molar-refractivity contribution in [2.24, 2.45) is 10.7 Å². The van der Waals surface area contributed by atoms with Crippen molar-refractivity contribution in [3.8, 4) is 0 Å². The van der Waals surface area contributed by atoms with Gasteiger partial charge in [0.2, 0.25) is 0 Å². The number of nitrogens with zero attached hydrogens (tertiary/aromatic N) is 3. The van der Waals surface area contributed by atoms with Crippen LogP contribution < -0.4 is 5.73 Å². The first-order chi connectivity index (χ1) is 17.5. The molecule has 10 heteroatoms. The van der Waals surface area contributed by atoms with E-state index in [-0.39, 0.29) is 37.4 Å². The Morgan fingerprint density at radius 2 is 1.30 bits per heavy atom. The predicted octanol–water partition coefficient (Wildman–Crippen LogP) is 3.84. The van der Waals surface area contributed by atoms with Crippen molar-refractivity contribution in [3.05, 3.63) is 71.8 Å². The SMILES string of the molecule is CN=C1CCN(C(=O)OCc2ccccc2)CC1.Cl.NC1CN(C(=O)OCc2ccccc2)CCC1=O. The Labute approximate surface area is 224 Å². The average molecular weight is 531 g/mol. The molecule has 2 saturated heterocycles. The van der Waals surface area contributed by atoms with E-state index in [0.29, 0.717) is 32.7 Å².